The van der Waals surface area contributed by atoms with E-state index in [1.807, 2.05) is 24.6 Å². The average Bonchev–Trinajstić information content (AvgIpc) is 1.72. The molecule has 0 saturated heterocycles. The Labute approximate surface area is 37.4 Å². The molecule has 0 spiro atoms. The Hall–Kier alpha value is -0.720. The van der Waals surface area contributed by atoms with Gasteiger partial charge in [-0.15, -0.1) is 0 Å². The Balaban J connectivity index is 2.40. The smallest absolute Gasteiger partial charge is 0.0373 e. The first kappa shape index (κ1) is 3.47. The minimum Gasteiger partial charge on any atom is -0.368 e. The fraction of sp³-hybridized carbons (Fsp3) is 0. The summed E-state index contributed by atoms with van der Waals surface area (Å²) in [5.41, 5.74) is 0. The number of nitrogens with one attached hydrogen (secondary N) is 1. The van der Waals surface area contributed by atoms with Crippen LogP contribution in [0.4, 0.5) is 0 Å². The third-order valence-corrected chi connectivity index (χ3v) is 0.552. The highest BCUT2D eigenvalue weighted by molar-refractivity contribution is 5.12. The minimum atomic E-state index is 1.82. The highest BCUT2D eigenvalue weighted by Gasteiger charge is 1.75. The number of allylic oxidation sites excluding steroid dienone is 2. The van der Waals surface area contributed by atoms with Crippen molar-refractivity contribution in [3.63, 3.8) is 0 Å². The molecule has 0 unspecified atom stereocenters. The van der Waals surface area contributed by atoms with Crippen LogP contribution in [-0.4, -0.2) is 0 Å². The van der Waals surface area contributed by atoms with Gasteiger partial charge in [-0.25, -0.2) is 0 Å². The first-order chi connectivity index (χ1) is 3.00. The highest BCUT2D eigenvalue weighted by atomic mass is 14.8. The Morgan fingerprint density at radius 3 is 2.00 bits per heavy atom. The van der Waals surface area contributed by atoms with Gasteiger partial charge in [0.15, 0.2) is 0 Å². The van der Waals surface area contributed by atoms with E-state index in [9.17, 15) is 0 Å². The second-order valence-electron chi connectivity index (χ2n) is 1.00. The van der Waals surface area contributed by atoms with Gasteiger partial charge in [0.05, 0.1) is 0 Å². The zero-order valence-electron chi connectivity index (χ0n) is 3.31. The summed E-state index contributed by atoms with van der Waals surface area (Å²) in [7, 11) is 0. The maximum absolute atomic E-state index is 2.86. The molecule has 0 atom stereocenters. The van der Waals surface area contributed by atoms with Crippen molar-refractivity contribution in [3.05, 3.63) is 31.0 Å². The van der Waals surface area contributed by atoms with E-state index in [1.165, 1.54) is 0 Å². The molecule has 30 valence electrons. The van der Waals surface area contributed by atoms with Gasteiger partial charge in [-0.3, -0.25) is 0 Å². The van der Waals surface area contributed by atoms with Gasteiger partial charge in [-0.05, 0) is 12.4 Å². The molecule has 0 fully saturated rings. The number of rotatable bonds is 0. The third kappa shape index (κ3) is 0.612. The molecule has 2 radical (unpaired) electrons. The van der Waals surface area contributed by atoms with Crippen molar-refractivity contribution in [2.75, 3.05) is 0 Å². The van der Waals surface area contributed by atoms with Gasteiger partial charge in [-0.2, -0.15) is 0 Å². The summed E-state index contributed by atoms with van der Waals surface area (Å²) in [4.78, 5) is 0. The van der Waals surface area contributed by atoms with Crippen LogP contribution >= 0.6 is 0 Å². The van der Waals surface area contributed by atoms with Crippen LogP contribution in [-0.2, 0) is 0 Å². The van der Waals surface area contributed by atoms with Crippen molar-refractivity contribution in [2.45, 2.75) is 0 Å². The second-order valence-corrected chi connectivity index (χ2v) is 1.00. The minimum absolute atomic E-state index is 1.82. The van der Waals surface area contributed by atoms with Crippen molar-refractivity contribution in [3.8, 4) is 0 Å². The molecule has 0 aromatic carbocycles. The van der Waals surface area contributed by atoms with Crippen molar-refractivity contribution in [1.82, 2.24) is 5.32 Å². The van der Waals surface area contributed by atoms with Crippen molar-refractivity contribution < 1.29 is 0 Å². The maximum Gasteiger partial charge on any atom is 0.0373 e. The summed E-state index contributed by atoms with van der Waals surface area (Å²) in [6.45, 7) is 0. The van der Waals surface area contributed by atoms with E-state index in [4.69, 9.17) is 0 Å². The zero-order valence-corrected chi connectivity index (χ0v) is 3.31. The summed E-state index contributed by atoms with van der Waals surface area (Å²) in [5, 5.41) is 2.86. The van der Waals surface area contributed by atoms with Crippen LogP contribution in [0.15, 0.2) is 24.6 Å². The van der Waals surface area contributed by atoms with Crippen molar-refractivity contribution in [2.24, 2.45) is 0 Å². The molecule has 1 heteroatoms. The van der Waals surface area contributed by atoms with E-state index in [1.54, 1.807) is 0 Å². The molecular weight excluding hydrogens is 74.1 g/mol. The lowest BCUT2D eigenvalue weighted by Crippen LogP contribution is -1.93. The molecular formula is C5H5N. The topological polar surface area (TPSA) is 12.0 Å². The Kier molecular flexibility index (Phi) is 0.955. The molecule has 0 aromatic heterocycles. The van der Waals surface area contributed by atoms with Crippen molar-refractivity contribution in [1.29, 1.82) is 0 Å². The SMILES string of the molecule is [C]1C=CNC=C1. The Bertz CT molecular complexity index is 61.9. The average molecular weight is 79.1 g/mol. The van der Waals surface area contributed by atoms with E-state index in [0.717, 1.165) is 0 Å². The summed E-state index contributed by atoms with van der Waals surface area (Å²) in [5.74, 6) is 0. The summed E-state index contributed by atoms with van der Waals surface area (Å²) in [6, 6.07) is 0. The monoisotopic (exact) mass is 79.0 g/mol. The third-order valence-electron chi connectivity index (χ3n) is 0.552. The largest absolute Gasteiger partial charge is 0.368 e. The van der Waals surface area contributed by atoms with E-state index >= 15 is 0 Å². The standard InChI is InChI=1S/C5H5N/c1-2-4-6-5-3-1/h2-6H. The molecule has 1 nitrogen and oxygen atoms in total. The van der Waals surface area contributed by atoms with Gasteiger partial charge in [-0.1, -0.05) is 12.2 Å². The van der Waals surface area contributed by atoms with Crippen LogP contribution in [0.5, 0.6) is 0 Å². The van der Waals surface area contributed by atoms with Gasteiger partial charge >= 0.3 is 0 Å². The van der Waals surface area contributed by atoms with Crippen LogP contribution in [0, 0.1) is 6.42 Å². The number of hydrogen-bond donors (Lipinski definition) is 1. The van der Waals surface area contributed by atoms with Crippen LogP contribution in [0.3, 0.4) is 0 Å². The number of hydrogen-bond acceptors (Lipinski definition) is 1. The molecule has 0 saturated carbocycles. The Morgan fingerprint density at radius 2 is 1.83 bits per heavy atom. The van der Waals surface area contributed by atoms with Gasteiger partial charge in [0.2, 0.25) is 0 Å². The molecule has 6 heavy (non-hydrogen) atoms. The molecule has 0 amide bonds. The molecule has 0 bridgehead atoms. The van der Waals surface area contributed by atoms with Crippen LogP contribution in [0.1, 0.15) is 0 Å². The molecule has 1 N–H and O–H groups in total. The summed E-state index contributed by atoms with van der Waals surface area (Å²) in [6.07, 6.45) is 10.1. The molecule has 1 heterocycles. The second kappa shape index (κ2) is 1.65. The fourth-order valence-corrected chi connectivity index (χ4v) is 0.304. The van der Waals surface area contributed by atoms with Crippen LogP contribution < -0.4 is 5.32 Å². The molecule has 0 aromatic rings. The normalized spacial score (nSPS) is 17.3. The molecule has 1 aliphatic heterocycles. The fourth-order valence-electron chi connectivity index (χ4n) is 0.304. The van der Waals surface area contributed by atoms with Gasteiger partial charge < -0.3 is 5.32 Å². The van der Waals surface area contributed by atoms with Crippen LogP contribution in [0.25, 0.3) is 0 Å². The lowest BCUT2D eigenvalue weighted by molar-refractivity contribution is 1.17. The quantitative estimate of drug-likeness (QED) is 0.450. The van der Waals surface area contributed by atoms with Crippen molar-refractivity contribution >= 4 is 0 Å². The summed E-state index contributed by atoms with van der Waals surface area (Å²) >= 11 is 0. The first-order valence-corrected chi connectivity index (χ1v) is 1.82. The lowest BCUT2D eigenvalue weighted by atomic mass is 10.4. The van der Waals surface area contributed by atoms with Gasteiger partial charge in [0.1, 0.15) is 0 Å². The molecule has 1 rings (SSSR count). The zero-order chi connectivity index (χ0) is 4.24. The van der Waals surface area contributed by atoms with E-state index in [2.05, 4.69) is 11.7 Å². The predicted octanol–water partition coefficient (Wildman–Crippen LogP) is 0.698. The van der Waals surface area contributed by atoms with Crippen LogP contribution in [0.2, 0.25) is 0 Å². The highest BCUT2D eigenvalue weighted by Crippen LogP contribution is 1.85. The van der Waals surface area contributed by atoms with E-state index in [0.29, 0.717) is 0 Å². The van der Waals surface area contributed by atoms with E-state index < -0.39 is 0 Å². The maximum atomic E-state index is 2.86. The first-order valence-electron chi connectivity index (χ1n) is 1.82. The molecule has 0 aliphatic carbocycles. The Morgan fingerprint density at radius 1 is 1.17 bits per heavy atom. The van der Waals surface area contributed by atoms with Gasteiger partial charge in [0.25, 0.3) is 0 Å². The number of dihydropyridines is 1. The van der Waals surface area contributed by atoms with E-state index in [-0.39, 0.29) is 0 Å². The summed E-state index contributed by atoms with van der Waals surface area (Å²) < 4.78 is 0. The predicted molar refractivity (Wildman–Crippen MR) is 24.7 cm³/mol. The van der Waals surface area contributed by atoms with Gasteiger partial charge in [0, 0.05) is 6.42 Å². The molecule has 1 aliphatic rings. The lowest BCUT2D eigenvalue weighted by Gasteiger charge is -1.91.